The summed E-state index contributed by atoms with van der Waals surface area (Å²) in [5, 5.41) is 5.06. The van der Waals surface area contributed by atoms with Gasteiger partial charge in [0.15, 0.2) is 0 Å². The van der Waals surface area contributed by atoms with Gasteiger partial charge in [-0.05, 0) is 68.2 Å². The average Bonchev–Trinajstić information content (AvgIpc) is 2.74. The average molecular weight is 544 g/mol. The van der Waals surface area contributed by atoms with E-state index >= 15 is 0 Å². The fourth-order valence-electron chi connectivity index (χ4n) is 3.02. The molecule has 2 N–H and O–H groups in total. The third-order valence-electron chi connectivity index (χ3n) is 4.78. The molecule has 0 heterocycles. The number of esters is 1. The maximum absolute atomic E-state index is 13.1. The summed E-state index contributed by atoms with van der Waals surface area (Å²) in [5.74, 6) is -1.06. The lowest BCUT2D eigenvalue weighted by atomic mass is 10.0. The zero-order valence-electron chi connectivity index (χ0n) is 20.9. The van der Waals surface area contributed by atoms with Crippen LogP contribution in [0.4, 0.5) is 4.79 Å². The van der Waals surface area contributed by atoms with Gasteiger partial charge < -0.3 is 29.7 Å². The first-order chi connectivity index (χ1) is 15.7. The molecule has 0 bridgehead atoms. The van der Waals surface area contributed by atoms with E-state index in [0.717, 1.165) is 5.56 Å². The summed E-state index contributed by atoms with van der Waals surface area (Å²) in [4.78, 5) is 51.3. The van der Waals surface area contributed by atoms with Gasteiger partial charge in [0.1, 0.15) is 29.5 Å². The van der Waals surface area contributed by atoms with Crippen LogP contribution in [0.5, 0.6) is 5.75 Å². The highest BCUT2D eigenvalue weighted by Crippen LogP contribution is 2.26. The van der Waals surface area contributed by atoms with Crippen molar-refractivity contribution < 1.29 is 33.4 Å². The number of amides is 3. The van der Waals surface area contributed by atoms with E-state index in [9.17, 15) is 19.2 Å². The lowest BCUT2D eigenvalue weighted by Gasteiger charge is -2.31. The van der Waals surface area contributed by atoms with Gasteiger partial charge in [0.25, 0.3) is 0 Å². The summed E-state index contributed by atoms with van der Waals surface area (Å²) in [6.45, 7) is 8.11. The summed E-state index contributed by atoms with van der Waals surface area (Å²) in [7, 11) is 4.22. The largest absolute Gasteiger partial charge is 0.496 e. The van der Waals surface area contributed by atoms with E-state index in [1.807, 2.05) is 0 Å². The number of hydrogen-bond acceptors (Lipinski definition) is 7. The van der Waals surface area contributed by atoms with Crippen LogP contribution in [-0.2, 0) is 30.3 Å². The summed E-state index contributed by atoms with van der Waals surface area (Å²) in [5.41, 5.74) is 0.0124. The number of methoxy groups -OCH3 is 2. The van der Waals surface area contributed by atoms with Crippen molar-refractivity contribution in [1.29, 1.82) is 0 Å². The molecule has 0 aromatic heterocycles. The number of likely N-dealkylation sites (N-methyl/N-ethyl adjacent to an activating group) is 1. The molecular weight excluding hydrogens is 510 g/mol. The molecule has 0 fully saturated rings. The normalized spacial score (nSPS) is 13.7. The molecule has 0 spiro atoms. The minimum atomic E-state index is -0.984. The molecule has 0 aliphatic rings. The molecule has 3 amide bonds. The van der Waals surface area contributed by atoms with E-state index in [1.165, 1.54) is 40.0 Å². The van der Waals surface area contributed by atoms with E-state index in [-0.39, 0.29) is 6.42 Å². The highest BCUT2D eigenvalue weighted by atomic mass is 79.9. The fourth-order valence-corrected chi connectivity index (χ4v) is 3.60. The Morgan fingerprint density at radius 2 is 1.68 bits per heavy atom. The van der Waals surface area contributed by atoms with Crippen molar-refractivity contribution in [3.63, 3.8) is 0 Å². The van der Waals surface area contributed by atoms with Gasteiger partial charge in [-0.1, -0.05) is 6.07 Å². The molecule has 190 valence electrons. The lowest BCUT2D eigenvalue weighted by Crippen LogP contribution is -2.56. The highest BCUT2D eigenvalue weighted by Gasteiger charge is 2.32. The van der Waals surface area contributed by atoms with Gasteiger partial charge in [0.2, 0.25) is 11.8 Å². The Morgan fingerprint density at radius 3 is 2.18 bits per heavy atom. The second-order valence-electron chi connectivity index (χ2n) is 8.76. The topological polar surface area (TPSA) is 123 Å². The van der Waals surface area contributed by atoms with Crippen LogP contribution < -0.4 is 15.4 Å². The van der Waals surface area contributed by atoms with Crippen molar-refractivity contribution in [1.82, 2.24) is 15.5 Å². The summed E-state index contributed by atoms with van der Waals surface area (Å²) < 4.78 is 15.8. The maximum atomic E-state index is 13.1. The van der Waals surface area contributed by atoms with Crippen molar-refractivity contribution >= 4 is 39.8 Å². The Labute approximate surface area is 208 Å². The molecule has 0 aliphatic carbocycles. The molecule has 0 saturated carbocycles. The first kappa shape index (κ1) is 29.2. The molecule has 0 unspecified atom stereocenters. The summed E-state index contributed by atoms with van der Waals surface area (Å²) in [6.07, 6.45) is -0.606. The number of halogens is 1. The first-order valence-electron chi connectivity index (χ1n) is 10.7. The Kier molecular flexibility index (Phi) is 10.8. The molecule has 1 aromatic rings. The molecule has 0 radical (unpaired) electrons. The van der Waals surface area contributed by atoms with Gasteiger partial charge >= 0.3 is 12.1 Å². The maximum Gasteiger partial charge on any atom is 0.408 e. The van der Waals surface area contributed by atoms with Gasteiger partial charge in [0.05, 0.1) is 18.7 Å². The van der Waals surface area contributed by atoms with Crippen LogP contribution in [0.15, 0.2) is 22.7 Å². The van der Waals surface area contributed by atoms with Gasteiger partial charge in [-0.2, -0.15) is 0 Å². The van der Waals surface area contributed by atoms with Crippen LogP contribution >= 0.6 is 15.9 Å². The smallest absolute Gasteiger partial charge is 0.408 e. The van der Waals surface area contributed by atoms with Crippen LogP contribution in [-0.4, -0.2) is 73.8 Å². The molecular formula is C23H34BrN3O7. The number of nitrogens with one attached hydrogen (secondary N) is 2. The SMILES string of the molecule is COC(=O)[C@H](C)NC(=O)[C@@H](Cc1ccc(OC)c(Br)c1)N(C)C(=O)[C@H](C)NC(=O)OC(C)(C)C. The van der Waals surface area contributed by atoms with Crippen molar-refractivity contribution in [2.24, 2.45) is 0 Å². The number of ether oxygens (including phenoxy) is 3. The van der Waals surface area contributed by atoms with Crippen molar-refractivity contribution in [3.05, 3.63) is 28.2 Å². The first-order valence-corrected chi connectivity index (χ1v) is 11.5. The Balaban J connectivity index is 3.13. The van der Waals surface area contributed by atoms with Crippen molar-refractivity contribution in [3.8, 4) is 5.75 Å². The van der Waals surface area contributed by atoms with Crippen LogP contribution in [0.2, 0.25) is 0 Å². The van der Waals surface area contributed by atoms with Crippen molar-refractivity contribution in [2.45, 2.75) is 64.8 Å². The van der Waals surface area contributed by atoms with Crippen molar-refractivity contribution in [2.75, 3.05) is 21.3 Å². The van der Waals surface area contributed by atoms with Crippen LogP contribution in [0.1, 0.15) is 40.2 Å². The van der Waals surface area contributed by atoms with E-state index < -0.39 is 47.6 Å². The molecule has 1 rings (SSSR count). The van der Waals surface area contributed by atoms with E-state index in [0.29, 0.717) is 10.2 Å². The number of nitrogens with zero attached hydrogens (tertiary/aromatic N) is 1. The van der Waals surface area contributed by atoms with Gasteiger partial charge in [-0.25, -0.2) is 9.59 Å². The molecule has 0 aliphatic heterocycles. The Hall–Kier alpha value is -2.82. The predicted octanol–water partition coefficient (Wildman–Crippen LogP) is 2.42. The number of hydrogen-bond donors (Lipinski definition) is 2. The lowest BCUT2D eigenvalue weighted by molar-refractivity contribution is -0.146. The van der Waals surface area contributed by atoms with Gasteiger partial charge in [0, 0.05) is 13.5 Å². The van der Waals surface area contributed by atoms with Crippen LogP contribution in [0.25, 0.3) is 0 Å². The van der Waals surface area contributed by atoms with Crippen LogP contribution in [0.3, 0.4) is 0 Å². The van der Waals surface area contributed by atoms with E-state index in [4.69, 9.17) is 9.47 Å². The van der Waals surface area contributed by atoms with Crippen LogP contribution in [0, 0.1) is 0 Å². The predicted molar refractivity (Wildman–Crippen MR) is 129 cm³/mol. The second-order valence-corrected chi connectivity index (χ2v) is 9.61. The second kappa shape index (κ2) is 12.6. The number of alkyl carbamates (subject to hydrolysis) is 1. The van der Waals surface area contributed by atoms with E-state index in [1.54, 1.807) is 39.0 Å². The summed E-state index contributed by atoms with van der Waals surface area (Å²) >= 11 is 3.41. The molecule has 11 heteroatoms. The minimum Gasteiger partial charge on any atom is -0.496 e. The quantitative estimate of drug-likeness (QED) is 0.458. The molecule has 0 saturated heterocycles. The number of carbonyl (C=O) groups is 4. The molecule has 34 heavy (non-hydrogen) atoms. The zero-order valence-corrected chi connectivity index (χ0v) is 22.4. The van der Waals surface area contributed by atoms with Gasteiger partial charge in [-0.15, -0.1) is 0 Å². The zero-order chi connectivity index (χ0) is 26.2. The fraction of sp³-hybridized carbons (Fsp3) is 0.565. The number of rotatable bonds is 9. The third-order valence-corrected chi connectivity index (χ3v) is 5.40. The standard InChI is InChI=1S/C23H34BrN3O7/c1-13(26-22(31)34-23(3,4)5)20(29)27(6)17(19(28)25-14(2)21(30)33-8)12-15-9-10-18(32-7)16(24)11-15/h9-11,13-14,17H,12H2,1-8H3,(H,25,28)(H,26,31)/t13-,14-,17+/m0/s1. The minimum absolute atomic E-state index is 0.143. The molecule has 10 nitrogen and oxygen atoms in total. The monoisotopic (exact) mass is 543 g/mol. The Morgan fingerprint density at radius 1 is 1.06 bits per heavy atom. The van der Waals surface area contributed by atoms with E-state index in [2.05, 4.69) is 31.3 Å². The Bertz CT molecular complexity index is 901. The molecule has 3 atom stereocenters. The summed E-state index contributed by atoms with van der Waals surface area (Å²) in [6, 6.07) is 2.43. The number of benzene rings is 1. The van der Waals surface area contributed by atoms with Gasteiger partial charge in [-0.3, -0.25) is 9.59 Å². The highest BCUT2D eigenvalue weighted by molar-refractivity contribution is 9.10. The third kappa shape index (κ3) is 8.85. The molecule has 1 aromatic carbocycles. The number of carbonyl (C=O) groups excluding carboxylic acids is 4.